The average molecular weight is 329 g/mol. The Morgan fingerprint density at radius 2 is 2.11 bits per heavy atom. The van der Waals surface area contributed by atoms with Crippen molar-refractivity contribution >= 4 is 27.5 Å². The van der Waals surface area contributed by atoms with Gasteiger partial charge in [0.1, 0.15) is 5.82 Å². The maximum absolute atomic E-state index is 13.4. The van der Waals surface area contributed by atoms with Crippen LogP contribution in [0.1, 0.15) is 22.2 Å². The number of halogens is 3. The van der Waals surface area contributed by atoms with Gasteiger partial charge in [-0.05, 0) is 46.1 Å². The Morgan fingerprint density at radius 1 is 1.33 bits per heavy atom. The van der Waals surface area contributed by atoms with Gasteiger partial charge in [-0.25, -0.2) is 4.39 Å². The summed E-state index contributed by atoms with van der Waals surface area (Å²) in [6.45, 7) is 1.98. The zero-order valence-electron chi connectivity index (χ0n) is 9.83. The van der Waals surface area contributed by atoms with Gasteiger partial charge in [-0.3, -0.25) is 4.98 Å². The van der Waals surface area contributed by atoms with Gasteiger partial charge < -0.3 is 0 Å². The van der Waals surface area contributed by atoms with Crippen molar-refractivity contribution in [1.82, 2.24) is 4.98 Å². The molecule has 0 spiro atoms. The van der Waals surface area contributed by atoms with Crippen LogP contribution < -0.4 is 0 Å². The first-order chi connectivity index (χ1) is 8.58. The predicted molar refractivity (Wildman–Crippen MR) is 75.4 cm³/mol. The third kappa shape index (κ3) is 3.09. The average Bonchev–Trinajstić information content (AvgIpc) is 2.35. The van der Waals surface area contributed by atoms with E-state index in [0.717, 1.165) is 16.8 Å². The Labute approximate surface area is 119 Å². The monoisotopic (exact) mass is 327 g/mol. The quantitative estimate of drug-likeness (QED) is 0.737. The molecule has 1 unspecified atom stereocenters. The van der Waals surface area contributed by atoms with Gasteiger partial charge in [0.15, 0.2) is 0 Å². The van der Waals surface area contributed by atoms with Crippen LogP contribution in [0.3, 0.4) is 0 Å². The molecule has 0 saturated heterocycles. The van der Waals surface area contributed by atoms with E-state index in [1.54, 1.807) is 12.3 Å². The molecule has 1 heterocycles. The molecular formula is C14H12BrClFN. The maximum Gasteiger partial charge on any atom is 0.137 e. The maximum atomic E-state index is 13.4. The summed E-state index contributed by atoms with van der Waals surface area (Å²) in [5.41, 5.74) is 2.76. The fourth-order valence-electron chi connectivity index (χ4n) is 1.68. The molecule has 0 N–H and O–H groups in total. The summed E-state index contributed by atoms with van der Waals surface area (Å²) in [5, 5.41) is -0.301. The normalized spacial score (nSPS) is 12.4. The molecule has 0 aliphatic carbocycles. The van der Waals surface area contributed by atoms with E-state index >= 15 is 0 Å². The minimum Gasteiger partial charge on any atom is -0.261 e. The van der Waals surface area contributed by atoms with E-state index in [-0.39, 0.29) is 11.2 Å². The Hall–Kier alpha value is -0.930. The molecule has 0 amide bonds. The molecule has 2 aromatic rings. The lowest BCUT2D eigenvalue weighted by atomic mass is 10.1. The highest BCUT2D eigenvalue weighted by atomic mass is 79.9. The topological polar surface area (TPSA) is 12.9 Å². The third-order valence-electron chi connectivity index (χ3n) is 2.68. The van der Waals surface area contributed by atoms with Crippen LogP contribution in [0.4, 0.5) is 4.39 Å². The predicted octanol–water partition coefficient (Wildman–Crippen LogP) is 4.81. The minimum atomic E-state index is -0.301. The minimum absolute atomic E-state index is 0.296. The second kappa shape index (κ2) is 5.81. The first kappa shape index (κ1) is 13.5. The molecule has 0 aliphatic rings. The molecule has 0 radical (unpaired) electrons. The van der Waals surface area contributed by atoms with Gasteiger partial charge in [0, 0.05) is 18.3 Å². The molecule has 1 nitrogen and oxygen atoms in total. The Kier molecular flexibility index (Phi) is 4.36. The van der Waals surface area contributed by atoms with Crippen molar-refractivity contribution in [2.45, 2.75) is 18.7 Å². The standard InChI is InChI=1S/C14H12BrClFN/c1-9-5-6-10(18-8-9)7-12(16)11-3-2-4-13(17)14(11)15/h2-6,8,12H,7H2,1H3. The van der Waals surface area contributed by atoms with Crippen LogP contribution in [0.2, 0.25) is 0 Å². The number of hydrogen-bond donors (Lipinski definition) is 0. The molecule has 0 aliphatic heterocycles. The largest absolute Gasteiger partial charge is 0.261 e. The molecule has 18 heavy (non-hydrogen) atoms. The second-order valence-corrected chi connectivity index (χ2v) is 5.46. The van der Waals surface area contributed by atoms with Crippen LogP contribution in [-0.2, 0) is 6.42 Å². The van der Waals surface area contributed by atoms with Crippen molar-refractivity contribution in [3.8, 4) is 0 Å². The fraction of sp³-hybridized carbons (Fsp3) is 0.214. The van der Waals surface area contributed by atoms with Crippen LogP contribution in [0, 0.1) is 12.7 Å². The molecule has 2 rings (SSSR count). The number of alkyl halides is 1. The van der Waals surface area contributed by atoms with E-state index in [0.29, 0.717) is 10.9 Å². The van der Waals surface area contributed by atoms with Crippen molar-refractivity contribution in [3.05, 3.63) is 63.6 Å². The van der Waals surface area contributed by atoms with E-state index in [1.807, 2.05) is 25.1 Å². The first-order valence-corrected chi connectivity index (χ1v) is 6.80. The molecular weight excluding hydrogens is 317 g/mol. The molecule has 94 valence electrons. The van der Waals surface area contributed by atoms with Gasteiger partial charge in [0.2, 0.25) is 0 Å². The summed E-state index contributed by atoms with van der Waals surface area (Å²) in [7, 11) is 0. The van der Waals surface area contributed by atoms with Gasteiger partial charge in [-0.1, -0.05) is 18.2 Å². The van der Waals surface area contributed by atoms with Gasteiger partial charge in [-0.2, -0.15) is 0 Å². The summed E-state index contributed by atoms with van der Waals surface area (Å²) >= 11 is 9.55. The van der Waals surface area contributed by atoms with Gasteiger partial charge in [0.25, 0.3) is 0 Å². The van der Waals surface area contributed by atoms with Crippen LogP contribution >= 0.6 is 27.5 Å². The number of rotatable bonds is 3. The van der Waals surface area contributed by atoms with Crippen molar-refractivity contribution in [2.75, 3.05) is 0 Å². The molecule has 1 atom stereocenters. The highest BCUT2D eigenvalue weighted by Crippen LogP contribution is 2.32. The summed E-state index contributed by atoms with van der Waals surface area (Å²) in [5.74, 6) is -0.296. The summed E-state index contributed by atoms with van der Waals surface area (Å²) in [6.07, 6.45) is 2.38. The van der Waals surface area contributed by atoms with E-state index in [4.69, 9.17) is 11.6 Å². The van der Waals surface area contributed by atoms with E-state index in [2.05, 4.69) is 20.9 Å². The number of pyridine rings is 1. The van der Waals surface area contributed by atoms with Gasteiger partial charge >= 0.3 is 0 Å². The van der Waals surface area contributed by atoms with Crippen LogP contribution in [0.15, 0.2) is 41.0 Å². The van der Waals surface area contributed by atoms with E-state index in [9.17, 15) is 4.39 Å². The van der Waals surface area contributed by atoms with Crippen molar-refractivity contribution in [2.24, 2.45) is 0 Å². The van der Waals surface area contributed by atoms with Gasteiger partial charge in [-0.15, -0.1) is 11.6 Å². The summed E-state index contributed by atoms with van der Waals surface area (Å²) in [6, 6.07) is 8.82. The lowest BCUT2D eigenvalue weighted by molar-refractivity contribution is 0.617. The van der Waals surface area contributed by atoms with Crippen LogP contribution in [0.25, 0.3) is 0 Å². The zero-order valence-corrected chi connectivity index (χ0v) is 12.2. The van der Waals surface area contributed by atoms with Crippen molar-refractivity contribution in [1.29, 1.82) is 0 Å². The first-order valence-electron chi connectivity index (χ1n) is 5.57. The molecule has 0 bridgehead atoms. The number of aromatic nitrogens is 1. The zero-order chi connectivity index (χ0) is 13.1. The summed E-state index contributed by atoms with van der Waals surface area (Å²) < 4.78 is 13.8. The Morgan fingerprint density at radius 3 is 2.78 bits per heavy atom. The molecule has 1 aromatic heterocycles. The Bertz CT molecular complexity index is 542. The lowest BCUT2D eigenvalue weighted by Gasteiger charge is -2.12. The fourth-order valence-corrected chi connectivity index (χ4v) is 2.69. The Balaban J connectivity index is 2.19. The smallest absolute Gasteiger partial charge is 0.137 e. The van der Waals surface area contributed by atoms with E-state index < -0.39 is 0 Å². The second-order valence-electron chi connectivity index (χ2n) is 4.14. The molecule has 4 heteroatoms. The van der Waals surface area contributed by atoms with Crippen LogP contribution in [0.5, 0.6) is 0 Å². The number of aryl methyl sites for hydroxylation is 1. The lowest BCUT2D eigenvalue weighted by Crippen LogP contribution is -2.00. The van der Waals surface area contributed by atoms with Crippen molar-refractivity contribution < 1.29 is 4.39 Å². The number of benzene rings is 1. The number of nitrogens with zero attached hydrogens (tertiary/aromatic N) is 1. The molecule has 1 aromatic carbocycles. The van der Waals surface area contributed by atoms with E-state index in [1.165, 1.54) is 6.07 Å². The van der Waals surface area contributed by atoms with Gasteiger partial charge in [0.05, 0.1) is 9.85 Å². The molecule has 0 fully saturated rings. The highest BCUT2D eigenvalue weighted by molar-refractivity contribution is 9.10. The summed E-state index contributed by atoms with van der Waals surface area (Å²) in [4.78, 5) is 4.30. The molecule has 0 saturated carbocycles. The third-order valence-corrected chi connectivity index (χ3v) is 3.91. The highest BCUT2D eigenvalue weighted by Gasteiger charge is 2.15. The SMILES string of the molecule is Cc1ccc(CC(Cl)c2cccc(F)c2Br)nc1. The van der Waals surface area contributed by atoms with Crippen molar-refractivity contribution in [3.63, 3.8) is 0 Å². The van der Waals surface area contributed by atoms with Crippen LogP contribution in [-0.4, -0.2) is 4.98 Å². The number of hydrogen-bond acceptors (Lipinski definition) is 1.